The first-order valence-electron chi connectivity index (χ1n) is 13.6. The second-order valence-electron chi connectivity index (χ2n) is 9.39. The third-order valence-corrected chi connectivity index (χ3v) is 5.04. The third-order valence-electron chi connectivity index (χ3n) is 5.04. The van der Waals surface area contributed by atoms with Crippen LogP contribution in [0.2, 0.25) is 0 Å². The van der Waals surface area contributed by atoms with Crippen molar-refractivity contribution in [3.63, 3.8) is 0 Å². The van der Waals surface area contributed by atoms with Gasteiger partial charge in [-0.25, -0.2) is 25.2 Å². The molecule has 0 aliphatic heterocycles. The Kier molecular flexibility index (Phi) is 15.3. The number of carbonyl (C=O) groups is 3. The zero-order valence-corrected chi connectivity index (χ0v) is 25.5. The fourth-order valence-electron chi connectivity index (χ4n) is 3.09. The summed E-state index contributed by atoms with van der Waals surface area (Å²) in [5, 5.41) is 0.782. The molecule has 0 saturated carbocycles. The van der Waals surface area contributed by atoms with E-state index in [-0.39, 0.29) is 11.6 Å². The van der Waals surface area contributed by atoms with Crippen LogP contribution in [0, 0.1) is 0 Å². The molecule has 0 aromatic heterocycles. The van der Waals surface area contributed by atoms with E-state index in [1.165, 1.54) is 5.56 Å². The molecule has 0 unspecified atom stereocenters. The van der Waals surface area contributed by atoms with Crippen LogP contribution in [-0.4, -0.2) is 49.0 Å². The third kappa shape index (κ3) is 12.4. The highest BCUT2D eigenvalue weighted by atomic mass is 16.8. The van der Waals surface area contributed by atoms with E-state index >= 15 is 0 Å². The summed E-state index contributed by atoms with van der Waals surface area (Å²) in [5.74, 6) is 5.18. The van der Waals surface area contributed by atoms with Gasteiger partial charge in [0.1, 0.15) is 5.75 Å². The topological polar surface area (TPSA) is 162 Å². The molecule has 2 aromatic carbocycles. The van der Waals surface area contributed by atoms with Crippen molar-refractivity contribution in [2.45, 2.75) is 73.5 Å². The predicted octanol–water partition coefficient (Wildman–Crippen LogP) is 5.77. The summed E-state index contributed by atoms with van der Waals surface area (Å²) in [4.78, 5) is 35.8. The Hall–Kier alpha value is -4.45. The average Bonchev–Trinajstić information content (AvgIpc) is 2.95. The Morgan fingerprint density at radius 2 is 1.21 bits per heavy atom. The molecule has 0 amide bonds. The molecule has 2 rings (SSSR count). The number of hydrogen-bond donors (Lipinski definition) is 2. The molecule has 0 fully saturated rings. The maximum Gasteiger partial charge on any atom is 0.511 e. The van der Waals surface area contributed by atoms with Gasteiger partial charge in [-0.15, -0.1) is 0 Å². The van der Waals surface area contributed by atoms with Gasteiger partial charge in [0.2, 0.25) is 12.7 Å². The van der Waals surface area contributed by atoms with Gasteiger partial charge in [0.05, 0.1) is 12.2 Å². The van der Waals surface area contributed by atoms with Crippen molar-refractivity contribution in [2.75, 3.05) is 13.5 Å². The van der Waals surface area contributed by atoms with E-state index in [1.807, 2.05) is 38.1 Å². The van der Waals surface area contributed by atoms with Gasteiger partial charge < -0.3 is 34.2 Å². The minimum Gasteiger partial charge on any atom is -0.437 e. The molecule has 232 valence electrons. The monoisotopic (exact) mass is 589 g/mol. The molecule has 0 bridgehead atoms. The Balaban J connectivity index is 0.00000431. The number of hydrazine groups is 1. The van der Waals surface area contributed by atoms with Crippen LogP contribution in [0.25, 0.3) is 11.1 Å². The molecule has 0 heterocycles. The van der Waals surface area contributed by atoms with E-state index in [4.69, 9.17) is 35.3 Å². The number of benzene rings is 2. The zero-order valence-electron chi connectivity index (χ0n) is 25.5. The first kappa shape index (κ1) is 35.6. The van der Waals surface area contributed by atoms with Crippen LogP contribution >= 0.6 is 0 Å². The van der Waals surface area contributed by atoms with Crippen molar-refractivity contribution in [1.82, 2.24) is 5.01 Å². The summed E-state index contributed by atoms with van der Waals surface area (Å²) in [7, 11) is 0. The molecule has 0 atom stereocenters. The van der Waals surface area contributed by atoms with Crippen LogP contribution in [0.15, 0.2) is 60.1 Å². The van der Waals surface area contributed by atoms with Crippen molar-refractivity contribution in [3.05, 3.63) is 65.7 Å². The van der Waals surface area contributed by atoms with Crippen LogP contribution in [0.5, 0.6) is 5.75 Å². The quantitative estimate of drug-likeness (QED) is 0.0586. The van der Waals surface area contributed by atoms with Gasteiger partial charge in [-0.2, -0.15) is 0 Å². The van der Waals surface area contributed by atoms with Gasteiger partial charge in [-0.05, 0) is 62.4 Å². The highest BCUT2D eigenvalue weighted by Gasteiger charge is 2.23. The standard InChI is InChI=1S/C28H37N3O9.C2H6/c1-17(2)20-7-9-21(10-8-20)22-11-13-23(14-12-22)40-25(31(30)15-35-27(33)38-18(3)4)24(29)26(32)36-16-37-28(34)39-19(5)6;1-2/h7-14,17-19H,15-16,29-30H2,1-6H3;1-2H3/b25-24+;. The lowest BCUT2D eigenvalue weighted by Crippen LogP contribution is -2.39. The zero-order chi connectivity index (χ0) is 31.8. The highest BCUT2D eigenvalue weighted by molar-refractivity contribution is 5.87. The predicted molar refractivity (Wildman–Crippen MR) is 156 cm³/mol. The van der Waals surface area contributed by atoms with Crippen molar-refractivity contribution in [1.29, 1.82) is 0 Å². The van der Waals surface area contributed by atoms with Gasteiger partial charge in [-0.1, -0.05) is 64.1 Å². The Bertz CT molecular complexity index is 1160. The van der Waals surface area contributed by atoms with E-state index in [0.717, 1.165) is 16.1 Å². The number of rotatable bonds is 12. The van der Waals surface area contributed by atoms with Gasteiger partial charge >= 0.3 is 18.3 Å². The van der Waals surface area contributed by atoms with Crippen LogP contribution in [-0.2, 0) is 28.5 Å². The van der Waals surface area contributed by atoms with Gasteiger partial charge in [0.25, 0.3) is 0 Å². The summed E-state index contributed by atoms with van der Waals surface area (Å²) < 4.78 is 30.0. The van der Waals surface area contributed by atoms with Crippen LogP contribution in [0.1, 0.15) is 66.9 Å². The smallest absolute Gasteiger partial charge is 0.437 e. The van der Waals surface area contributed by atoms with Crippen LogP contribution in [0.3, 0.4) is 0 Å². The number of nitrogens with zero attached hydrogens (tertiary/aromatic N) is 1. The lowest BCUT2D eigenvalue weighted by Gasteiger charge is -2.23. The SMILES string of the molecule is CC.CC(C)OC(=O)OCOC(=O)/C(N)=C(\Oc1ccc(-c2ccc(C(C)C)cc2)cc1)N(N)COC(=O)OC(C)C. The van der Waals surface area contributed by atoms with Crippen molar-refractivity contribution in [2.24, 2.45) is 11.6 Å². The van der Waals surface area contributed by atoms with E-state index < -0.39 is 49.7 Å². The van der Waals surface area contributed by atoms with Crippen molar-refractivity contribution in [3.8, 4) is 16.9 Å². The van der Waals surface area contributed by atoms with Crippen molar-refractivity contribution >= 4 is 18.3 Å². The van der Waals surface area contributed by atoms with E-state index in [1.54, 1.807) is 39.8 Å². The molecular formula is C30H43N3O9. The summed E-state index contributed by atoms with van der Waals surface area (Å²) in [5.41, 5.74) is 8.54. The molecule has 2 aromatic rings. The van der Waals surface area contributed by atoms with Crippen LogP contribution in [0.4, 0.5) is 9.59 Å². The van der Waals surface area contributed by atoms with Crippen molar-refractivity contribution < 1.29 is 42.8 Å². The fraction of sp³-hybridized carbons (Fsp3) is 0.433. The van der Waals surface area contributed by atoms with E-state index in [9.17, 15) is 14.4 Å². The second kappa shape index (κ2) is 18.1. The maximum absolute atomic E-state index is 12.5. The number of nitrogens with two attached hydrogens (primary N) is 2. The highest BCUT2D eigenvalue weighted by Crippen LogP contribution is 2.26. The van der Waals surface area contributed by atoms with E-state index in [2.05, 4.69) is 30.7 Å². The number of ether oxygens (including phenoxy) is 6. The second-order valence-corrected chi connectivity index (χ2v) is 9.39. The largest absolute Gasteiger partial charge is 0.511 e. The first-order chi connectivity index (χ1) is 19.9. The minimum absolute atomic E-state index is 0.269. The molecule has 0 aliphatic carbocycles. The molecule has 12 heteroatoms. The number of carbonyl (C=O) groups excluding carboxylic acids is 3. The lowest BCUT2D eigenvalue weighted by atomic mass is 9.99. The molecule has 4 N–H and O–H groups in total. The molecule has 0 aliphatic rings. The first-order valence-corrected chi connectivity index (χ1v) is 13.6. The Morgan fingerprint density at radius 1 is 0.738 bits per heavy atom. The van der Waals surface area contributed by atoms with Crippen LogP contribution < -0.4 is 16.3 Å². The lowest BCUT2D eigenvalue weighted by molar-refractivity contribution is -0.149. The number of hydrogen-bond acceptors (Lipinski definition) is 12. The van der Waals surface area contributed by atoms with E-state index in [0.29, 0.717) is 5.92 Å². The molecule has 12 nitrogen and oxygen atoms in total. The van der Waals surface area contributed by atoms with Gasteiger partial charge in [-0.3, -0.25) is 0 Å². The molecule has 0 spiro atoms. The number of esters is 1. The average molecular weight is 590 g/mol. The summed E-state index contributed by atoms with van der Waals surface area (Å²) >= 11 is 0. The summed E-state index contributed by atoms with van der Waals surface area (Å²) in [6.07, 6.45) is -2.87. The minimum atomic E-state index is -1.12. The maximum atomic E-state index is 12.5. The molecule has 0 radical (unpaired) electrons. The molecular weight excluding hydrogens is 546 g/mol. The molecule has 42 heavy (non-hydrogen) atoms. The Morgan fingerprint density at radius 3 is 1.69 bits per heavy atom. The van der Waals surface area contributed by atoms with Gasteiger partial charge in [0, 0.05) is 0 Å². The van der Waals surface area contributed by atoms with Gasteiger partial charge in [0.15, 0.2) is 12.4 Å². The summed E-state index contributed by atoms with van der Waals surface area (Å²) in [6.45, 7) is 13.4. The fourth-order valence-corrected chi connectivity index (χ4v) is 3.09. The normalized spacial score (nSPS) is 11.1. The Labute approximate surface area is 247 Å². The molecule has 0 saturated heterocycles. The summed E-state index contributed by atoms with van der Waals surface area (Å²) in [6, 6.07) is 15.1.